The molecule has 0 aliphatic heterocycles. The van der Waals surface area contributed by atoms with Crippen molar-refractivity contribution in [3.05, 3.63) is 20.8 Å². The molecule has 0 spiro atoms. The minimum atomic E-state index is 0. The number of hydrogen-bond donors (Lipinski definition) is 2. The van der Waals surface area contributed by atoms with Crippen LogP contribution in [-0.2, 0) is 16.0 Å². The molecule has 1 aromatic heterocycles. The molecule has 0 unspecified atom stereocenters. The second kappa shape index (κ2) is 14.7. The number of guanidine groups is 1. The van der Waals surface area contributed by atoms with Gasteiger partial charge in [0, 0.05) is 31.7 Å². The van der Waals surface area contributed by atoms with Crippen molar-refractivity contribution in [3.8, 4) is 0 Å². The number of nitrogens with zero attached hydrogens (tertiary/aromatic N) is 1. The van der Waals surface area contributed by atoms with Crippen LogP contribution in [0.15, 0.2) is 20.9 Å². The number of nitrogens with one attached hydrogen (secondary N) is 2. The normalized spacial score (nSPS) is 11.1. The Morgan fingerprint density at radius 1 is 1.27 bits per heavy atom. The Labute approximate surface area is 162 Å². The van der Waals surface area contributed by atoms with E-state index < -0.39 is 0 Å². The van der Waals surface area contributed by atoms with Crippen LogP contribution in [0.5, 0.6) is 0 Å². The summed E-state index contributed by atoms with van der Waals surface area (Å²) in [7, 11) is 1.68. The van der Waals surface area contributed by atoms with Gasteiger partial charge in [0.2, 0.25) is 0 Å². The van der Waals surface area contributed by atoms with Gasteiger partial charge in [-0.1, -0.05) is 0 Å². The van der Waals surface area contributed by atoms with E-state index in [1.807, 2.05) is 6.07 Å². The van der Waals surface area contributed by atoms with Crippen molar-refractivity contribution in [2.24, 2.45) is 4.99 Å². The van der Waals surface area contributed by atoms with Crippen molar-refractivity contribution in [1.29, 1.82) is 0 Å². The zero-order valence-corrected chi connectivity index (χ0v) is 17.8. The molecule has 0 saturated heterocycles. The van der Waals surface area contributed by atoms with Crippen LogP contribution in [0, 0.1) is 0 Å². The number of ether oxygens (including phenoxy) is 2. The van der Waals surface area contributed by atoms with Gasteiger partial charge in [-0.05, 0) is 41.4 Å². The average Bonchev–Trinajstić information content (AvgIpc) is 2.89. The van der Waals surface area contributed by atoms with Gasteiger partial charge in [-0.15, -0.1) is 35.3 Å². The molecule has 2 N–H and O–H groups in total. The van der Waals surface area contributed by atoms with Gasteiger partial charge < -0.3 is 20.1 Å². The topological polar surface area (TPSA) is 54.9 Å². The third kappa shape index (κ3) is 10.8. The second-order valence-electron chi connectivity index (χ2n) is 4.29. The van der Waals surface area contributed by atoms with E-state index in [1.165, 1.54) is 4.88 Å². The highest BCUT2D eigenvalue weighted by molar-refractivity contribution is 14.0. The zero-order valence-electron chi connectivity index (χ0n) is 13.1. The molecule has 1 rings (SSSR count). The molecule has 128 valence electrons. The highest BCUT2D eigenvalue weighted by Crippen LogP contribution is 2.22. The summed E-state index contributed by atoms with van der Waals surface area (Å²) in [6.07, 6.45) is 0.943. The van der Waals surface area contributed by atoms with Crippen molar-refractivity contribution < 1.29 is 9.47 Å². The van der Waals surface area contributed by atoms with Gasteiger partial charge in [0.15, 0.2) is 5.96 Å². The molecule has 1 heterocycles. The molecule has 0 aliphatic rings. The standard InChI is InChI=1S/C14H24BrN3O2S.HI/c1-3-16-14(17-7-4-8-20-10-9-19-2)18-11-12-5-6-13(15)21-12;/h5-6H,3-4,7-11H2,1-2H3,(H2,16,17,18);1H. The molecule has 0 amide bonds. The van der Waals surface area contributed by atoms with E-state index in [0.29, 0.717) is 19.8 Å². The van der Waals surface area contributed by atoms with E-state index in [4.69, 9.17) is 9.47 Å². The lowest BCUT2D eigenvalue weighted by atomic mass is 10.4. The number of halogens is 2. The van der Waals surface area contributed by atoms with Crippen LogP contribution in [0.3, 0.4) is 0 Å². The molecular formula is C14H25BrIN3O2S. The molecule has 0 bridgehead atoms. The minimum Gasteiger partial charge on any atom is -0.382 e. The van der Waals surface area contributed by atoms with Gasteiger partial charge in [0.1, 0.15) is 0 Å². The van der Waals surface area contributed by atoms with E-state index in [2.05, 4.69) is 44.5 Å². The fraction of sp³-hybridized carbons (Fsp3) is 0.643. The Hall–Kier alpha value is 0.1000. The van der Waals surface area contributed by atoms with Gasteiger partial charge >= 0.3 is 0 Å². The molecule has 1 aromatic rings. The maximum atomic E-state index is 5.42. The lowest BCUT2D eigenvalue weighted by Gasteiger charge is -2.11. The zero-order chi connectivity index (χ0) is 15.3. The summed E-state index contributed by atoms with van der Waals surface area (Å²) in [5, 5.41) is 6.55. The summed E-state index contributed by atoms with van der Waals surface area (Å²) in [4.78, 5) is 5.81. The van der Waals surface area contributed by atoms with Gasteiger partial charge in [-0.25, -0.2) is 4.99 Å². The predicted octanol–water partition coefficient (Wildman–Crippen LogP) is 3.24. The van der Waals surface area contributed by atoms with E-state index in [-0.39, 0.29) is 24.0 Å². The Bertz CT molecular complexity index is 419. The largest absolute Gasteiger partial charge is 0.382 e. The van der Waals surface area contributed by atoms with Crippen LogP contribution in [0.2, 0.25) is 0 Å². The molecule has 0 aliphatic carbocycles. The number of rotatable bonds is 10. The van der Waals surface area contributed by atoms with Crippen molar-refractivity contribution in [2.45, 2.75) is 19.9 Å². The molecular weight excluding hydrogens is 481 g/mol. The van der Waals surface area contributed by atoms with Gasteiger partial charge in [-0.2, -0.15) is 0 Å². The van der Waals surface area contributed by atoms with Crippen LogP contribution < -0.4 is 10.6 Å². The highest BCUT2D eigenvalue weighted by Gasteiger charge is 1.99. The summed E-state index contributed by atoms with van der Waals surface area (Å²) in [6, 6.07) is 4.14. The molecule has 0 radical (unpaired) electrons. The summed E-state index contributed by atoms with van der Waals surface area (Å²) in [5.74, 6) is 0.846. The molecule has 0 fully saturated rings. The monoisotopic (exact) mass is 505 g/mol. The van der Waals surface area contributed by atoms with Gasteiger partial charge in [0.25, 0.3) is 0 Å². The van der Waals surface area contributed by atoms with E-state index in [9.17, 15) is 0 Å². The molecule has 0 saturated carbocycles. The van der Waals surface area contributed by atoms with Crippen LogP contribution >= 0.6 is 51.2 Å². The third-order valence-corrected chi connectivity index (χ3v) is 4.16. The first-order valence-corrected chi connectivity index (χ1v) is 8.70. The van der Waals surface area contributed by atoms with Crippen molar-refractivity contribution in [3.63, 3.8) is 0 Å². The molecule has 8 heteroatoms. The number of methoxy groups -OCH3 is 1. The van der Waals surface area contributed by atoms with Gasteiger partial charge in [0.05, 0.1) is 23.5 Å². The predicted molar refractivity (Wildman–Crippen MR) is 108 cm³/mol. The van der Waals surface area contributed by atoms with Crippen LogP contribution in [0.1, 0.15) is 18.2 Å². The van der Waals surface area contributed by atoms with Crippen LogP contribution in [0.25, 0.3) is 0 Å². The summed E-state index contributed by atoms with van der Waals surface area (Å²) in [5.41, 5.74) is 0. The number of aliphatic imine (C=N–C) groups is 1. The van der Waals surface area contributed by atoms with Gasteiger partial charge in [-0.3, -0.25) is 0 Å². The quantitative estimate of drug-likeness (QED) is 0.222. The van der Waals surface area contributed by atoms with Crippen molar-refractivity contribution in [2.75, 3.05) is 40.0 Å². The molecule has 0 atom stereocenters. The smallest absolute Gasteiger partial charge is 0.191 e. The number of hydrogen-bond acceptors (Lipinski definition) is 4. The third-order valence-electron chi connectivity index (χ3n) is 2.56. The van der Waals surface area contributed by atoms with E-state index in [0.717, 1.165) is 35.9 Å². The summed E-state index contributed by atoms with van der Waals surface area (Å²) >= 11 is 5.17. The first-order valence-electron chi connectivity index (χ1n) is 7.09. The molecule has 0 aromatic carbocycles. The highest BCUT2D eigenvalue weighted by atomic mass is 127. The summed E-state index contributed by atoms with van der Waals surface area (Å²) < 4.78 is 11.5. The maximum absolute atomic E-state index is 5.42. The Balaban J connectivity index is 0.00000441. The van der Waals surface area contributed by atoms with Crippen LogP contribution in [-0.4, -0.2) is 46.0 Å². The Kier molecular flexibility index (Phi) is 14.7. The first kappa shape index (κ1) is 22.1. The van der Waals surface area contributed by atoms with Crippen molar-refractivity contribution in [1.82, 2.24) is 10.6 Å². The minimum absolute atomic E-state index is 0. The SMILES string of the molecule is CCNC(=NCc1ccc(Br)s1)NCCCOCCOC.I. The maximum Gasteiger partial charge on any atom is 0.191 e. The van der Waals surface area contributed by atoms with E-state index >= 15 is 0 Å². The summed E-state index contributed by atoms with van der Waals surface area (Å²) in [6.45, 7) is 6.47. The van der Waals surface area contributed by atoms with Crippen LogP contribution in [0.4, 0.5) is 0 Å². The fourth-order valence-electron chi connectivity index (χ4n) is 1.56. The molecule has 22 heavy (non-hydrogen) atoms. The Morgan fingerprint density at radius 2 is 2.09 bits per heavy atom. The van der Waals surface area contributed by atoms with Crippen molar-refractivity contribution >= 4 is 57.2 Å². The van der Waals surface area contributed by atoms with E-state index in [1.54, 1.807) is 18.4 Å². The average molecular weight is 506 g/mol. The second-order valence-corrected chi connectivity index (χ2v) is 6.83. The number of thiophene rings is 1. The lowest BCUT2D eigenvalue weighted by Crippen LogP contribution is -2.38. The fourth-order valence-corrected chi connectivity index (χ4v) is 2.97. The first-order chi connectivity index (χ1) is 10.3. The lowest BCUT2D eigenvalue weighted by molar-refractivity contribution is 0.0698. The molecule has 5 nitrogen and oxygen atoms in total. The Morgan fingerprint density at radius 3 is 2.73 bits per heavy atom.